The molecule has 0 radical (unpaired) electrons. The largest absolute Gasteiger partial charge is 0.352 e. The molecule has 1 saturated heterocycles. The van der Waals surface area contributed by atoms with Gasteiger partial charge >= 0.3 is 0 Å². The number of benzene rings is 1. The van der Waals surface area contributed by atoms with Crippen molar-refractivity contribution in [2.45, 2.75) is 26.7 Å². The number of hydrogen-bond donors (Lipinski definition) is 2. The maximum absolute atomic E-state index is 12.5. The van der Waals surface area contributed by atoms with Crippen molar-refractivity contribution in [3.8, 4) is 5.69 Å². The Balaban J connectivity index is 1.85. The zero-order valence-electron chi connectivity index (χ0n) is 14.0. The molecule has 0 bridgehead atoms. The molecule has 0 atom stereocenters. The predicted octanol–water partition coefficient (Wildman–Crippen LogP) is 2.25. The highest BCUT2D eigenvalue weighted by molar-refractivity contribution is 5.95. The smallest absolute Gasteiger partial charge is 0.254 e. The molecule has 1 aromatic carbocycles. The van der Waals surface area contributed by atoms with Crippen LogP contribution in [0.4, 0.5) is 0 Å². The fraction of sp³-hybridized carbons (Fsp3) is 0.444. The highest BCUT2D eigenvalue weighted by atomic mass is 16.1. The van der Waals surface area contributed by atoms with Gasteiger partial charge < -0.3 is 10.6 Å². The lowest BCUT2D eigenvalue weighted by atomic mass is 10.0. The van der Waals surface area contributed by atoms with Gasteiger partial charge in [-0.3, -0.25) is 4.79 Å². The molecule has 5 heteroatoms. The summed E-state index contributed by atoms with van der Waals surface area (Å²) in [5.41, 5.74) is 3.83. The monoisotopic (exact) mass is 312 g/mol. The summed E-state index contributed by atoms with van der Waals surface area (Å²) in [4.78, 5) is 12.5. The van der Waals surface area contributed by atoms with Crippen LogP contribution >= 0.6 is 0 Å². The molecule has 1 aliphatic rings. The molecule has 0 spiro atoms. The van der Waals surface area contributed by atoms with Crippen molar-refractivity contribution in [2.24, 2.45) is 5.92 Å². The van der Waals surface area contributed by atoms with E-state index in [1.807, 2.05) is 16.8 Å². The van der Waals surface area contributed by atoms with Crippen molar-refractivity contribution >= 4 is 5.91 Å². The summed E-state index contributed by atoms with van der Waals surface area (Å²) in [7, 11) is 0. The van der Waals surface area contributed by atoms with Gasteiger partial charge in [0.15, 0.2) is 0 Å². The molecule has 1 aromatic heterocycles. The van der Waals surface area contributed by atoms with Gasteiger partial charge in [-0.15, -0.1) is 0 Å². The molecular weight excluding hydrogens is 288 g/mol. The van der Waals surface area contributed by atoms with Crippen LogP contribution in [-0.2, 0) is 0 Å². The lowest BCUT2D eigenvalue weighted by Crippen LogP contribution is -2.48. The van der Waals surface area contributed by atoms with Gasteiger partial charge in [0.05, 0.1) is 23.1 Å². The summed E-state index contributed by atoms with van der Waals surface area (Å²) in [5.74, 6) is 0.734. The summed E-state index contributed by atoms with van der Waals surface area (Å²) in [6.07, 6.45) is 1.68. The van der Waals surface area contributed by atoms with E-state index in [-0.39, 0.29) is 11.8 Å². The molecule has 0 aliphatic carbocycles. The molecule has 2 aromatic rings. The second kappa shape index (κ2) is 6.54. The standard InChI is InChI=1S/C18H24N4O/c1-12(2)17-16(18(23)20-10-14-8-19-9-14)11-21-22(17)15-6-4-13(3)5-7-15/h4-7,11-12,14,19H,8-10H2,1-3H3,(H,20,23). The Labute approximate surface area is 137 Å². The Kier molecular flexibility index (Phi) is 4.48. The maximum Gasteiger partial charge on any atom is 0.254 e. The maximum atomic E-state index is 12.5. The van der Waals surface area contributed by atoms with E-state index in [4.69, 9.17) is 0 Å². The summed E-state index contributed by atoms with van der Waals surface area (Å²) < 4.78 is 1.88. The van der Waals surface area contributed by atoms with Crippen molar-refractivity contribution in [1.82, 2.24) is 20.4 Å². The van der Waals surface area contributed by atoms with Gasteiger partial charge in [-0.2, -0.15) is 5.10 Å². The van der Waals surface area contributed by atoms with Crippen LogP contribution < -0.4 is 10.6 Å². The normalized spacial score (nSPS) is 14.8. The number of amides is 1. The quantitative estimate of drug-likeness (QED) is 0.890. The minimum atomic E-state index is -0.0287. The van der Waals surface area contributed by atoms with Crippen LogP contribution in [0.5, 0.6) is 0 Å². The van der Waals surface area contributed by atoms with Crippen LogP contribution in [0.3, 0.4) is 0 Å². The predicted molar refractivity (Wildman–Crippen MR) is 91.1 cm³/mol. The van der Waals surface area contributed by atoms with Gasteiger partial charge in [0.1, 0.15) is 0 Å². The van der Waals surface area contributed by atoms with Gasteiger partial charge in [0, 0.05) is 25.6 Å². The molecule has 2 heterocycles. The Morgan fingerprint density at radius 2 is 2.04 bits per heavy atom. The molecule has 23 heavy (non-hydrogen) atoms. The Morgan fingerprint density at radius 1 is 1.35 bits per heavy atom. The SMILES string of the molecule is Cc1ccc(-n2ncc(C(=O)NCC3CNC3)c2C(C)C)cc1. The number of aromatic nitrogens is 2. The van der Waals surface area contributed by atoms with Gasteiger partial charge in [0.25, 0.3) is 5.91 Å². The van der Waals surface area contributed by atoms with Gasteiger partial charge in [-0.05, 0) is 25.0 Å². The van der Waals surface area contributed by atoms with Crippen molar-refractivity contribution in [2.75, 3.05) is 19.6 Å². The average molecular weight is 312 g/mol. The topological polar surface area (TPSA) is 59.0 Å². The number of hydrogen-bond acceptors (Lipinski definition) is 3. The molecule has 0 saturated carbocycles. The van der Waals surface area contributed by atoms with E-state index in [9.17, 15) is 4.79 Å². The molecule has 3 rings (SSSR count). The molecule has 0 unspecified atom stereocenters. The number of nitrogens with one attached hydrogen (secondary N) is 2. The summed E-state index contributed by atoms with van der Waals surface area (Å²) in [5, 5.41) is 10.7. The number of carbonyl (C=O) groups excluding carboxylic acids is 1. The van der Waals surface area contributed by atoms with E-state index < -0.39 is 0 Å². The number of nitrogens with zero attached hydrogens (tertiary/aromatic N) is 2. The number of aryl methyl sites for hydroxylation is 1. The molecule has 1 aliphatic heterocycles. The second-order valence-corrected chi connectivity index (χ2v) is 6.58. The highest BCUT2D eigenvalue weighted by Crippen LogP contribution is 2.23. The van der Waals surface area contributed by atoms with Crippen molar-refractivity contribution in [3.05, 3.63) is 47.3 Å². The van der Waals surface area contributed by atoms with Crippen LogP contribution in [0.1, 0.15) is 41.4 Å². The molecule has 2 N–H and O–H groups in total. The van der Waals surface area contributed by atoms with Crippen molar-refractivity contribution in [1.29, 1.82) is 0 Å². The molecular formula is C18H24N4O. The average Bonchev–Trinajstić information content (AvgIpc) is 2.91. The minimum Gasteiger partial charge on any atom is -0.352 e. The van der Waals surface area contributed by atoms with Crippen LogP contribution in [0.25, 0.3) is 5.69 Å². The third-order valence-corrected chi connectivity index (χ3v) is 4.29. The Morgan fingerprint density at radius 3 is 2.61 bits per heavy atom. The van der Waals surface area contributed by atoms with E-state index in [1.54, 1.807) is 6.20 Å². The van der Waals surface area contributed by atoms with Crippen LogP contribution in [0.15, 0.2) is 30.5 Å². The fourth-order valence-electron chi connectivity index (χ4n) is 2.81. The van der Waals surface area contributed by atoms with Gasteiger partial charge in [-0.25, -0.2) is 4.68 Å². The molecule has 5 nitrogen and oxygen atoms in total. The van der Waals surface area contributed by atoms with Crippen LogP contribution in [0.2, 0.25) is 0 Å². The van der Waals surface area contributed by atoms with Gasteiger partial charge in [0.2, 0.25) is 0 Å². The van der Waals surface area contributed by atoms with Crippen molar-refractivity contribution < 1.29 is 4.79 Å². The number of rotatable bonds is 5. The first-order valence-corrected chi connectivity index (χ1v) is 8.20. The Hall–Kier alpha value is -2.14. The van der Waals surface area contributed by atoms with E-state index in [0.29, 0.717) is 11.5 Å². The first-order chi connectivity index (χ1) is 11.1. The molecule has 122 valence electrons. The van der Waals surface area contributed by atoms with E-state index in [0.717, 1.165) is 31.0 Å². The summed E-state index contributed by atoms with van der Waals surface area (Å²) in [6.45, 7) is 8.94. The highest BCUT2D eigenvalue weighted by Gasteiger charge is 2.23. The third kappa shape index (κ3) is 3.29. The van der Waals surface area contributed by atoms with Crippen molar-refractivity contribution in [3.63, 3.8) is 0 Å². The van der Waals surface area contributed by atoms with Crippen LogP contribution in [-0.4, -0.2) is 35.3 Å². The summed E-state index contributed by atoms with van der Waals surface area (Å²) in [6, 6.07) is 8.20. The van der Waals surface area contributed by atoms with E-state index >= 15 is 0 Å². The Bertz CT molecular complexity index is 684. The first kappa shape index (κ1) is 15.7. The fourth-order valence-corrected chi connectivity index (χ4v) is 2.81. The van der Waals surface area contributed by atoms with Crippen LogP contribution in [0, 0.1) is 12.8 Å². The lowest BCUT2D eigenvalue weighted by molar-refractivity contribution is 0.0941. The minimum absolute atomic E-state index is 0.0287. The molecule has 1 fully saturated rings. The summed E-state index contributed by atoms with van der Waals surface area (Å²) >= 11 is 0. The third-order valence-electron chi connectivity index (χ3n) is 4.29. The zero-order valence-corrected chi connectivity index (χ0v) is 14.0. The van der Waals surface area contributed by atoms with Gasteiger partial charge in [-0.1, -0.05) is 31.5 Å². The first-order valence-electron chi connectivity index (χ1n) is 8.20. The zero-order chi connectivity index (χ0) is 16.4. The van der Waals surface area contributed by atoms with E-state index in [1.165, 1.54) is 5.56 Å². The lowest BCUT2D eigenvalue weighted by Gasteiger charge is -2.27. The number of carbonyl (C=O) groups is 1. The second-order valence-electron chi connectivity index (χ2n) is 6.58. The molecule has 1 amide bonds. The van der Waals surface area contributed by atoms with E-state index in [2.05, 4.69) is 48.6 Å².